The van der Waals surface area contributed by atoms with Crippen LogP contribution in [0.25, 0.3) is 0 Å². The maximum absolute atomic E-state index is 11.6. The van der Waals surface area contributed by atoms with Crippen LogP contribution >= 0.6 is 24.0 Å². The van der Waals surface area contributed by atoms with Gasteiger partial charge in [-0.15, -0.1) is 12.4 Å². The molecule has 0 aliphatic carbocycles. The van der Waals surface area contributed by atoms with E-state index in [9.17, 15) is 4.79 Å². The van der Waals surface area contributed by atoms with Crippen molar-refractivity contribution in [2.45, 2.75) is 6.42 Å². The quantitative estimate of drug-likeness (QED) is 0.847. The first-order chi connectivity index (χ1) is 8.62. The highest BCUT2D eigenvalue weighted by atomic mass is 35.5. The fourth-order valence-electron chi connectivity index (χ4n) is 1.41. The molecule has 0 bridgehead atoms. The van der Waals surface area contributed by atoms with Crippen LogP contribution < -0.4 is 20.1 Å². The van der Waals surface area contributed by atoms with E-state index in [0.717, 1.165) is 0 Å². The lowest BCUT2D eigenvalue weighted by molar-refractivity contribution is -0.116. The molecule has 0 unspecified atom stereocenters. The molecule has 2 N–H and O–H groups in total. The molecule has 19 heavy (non-hydrogen) atoms. The minimum Gasteiger partial charge on any atom is -0.495 e. The van der Waals surface area contributed by atoms with Crippen LogP contribution in [0.5, 0.6) is 11.5 Å². The fourth-order valence-corrected chi connectivity index (χ4v) is 1.65. The normalized spacial score (nSPS) is 9.47. The lowest BCUT2D eigenvalue weighted by Crippen LogP contribution is -2.19. The second-order valence-electron chi connectivity index (χ2n) is 3.59. The van der Waals surface area contributed by atoms with E-state index in [0.29, 0.717) is 35.2 Å². The molecule has 0 atom stereocenters. The van der Waals surface area contributed by atoms with Crippen molar-refractivity contribution in [2.24, 2.45) is 0 Å². The van der Waals surface area contributed by atoms with Crippen molar-refractivity contribution in [1.29, 1.82) is 0 Å². The Labute approximate surface area is 124 Å². The van der Waals surface area contributed by atoms with E-state index in [-0.39, 0.29) is 18.3 Å². The highest BCUT2D eigenvalue weighted by Crippen LogP contribution is 2.35. The molecule has 0 heterocycles. The average Bonchev–Trinajstić information content (AvgIpc) is 2.36. The monoisotopic (exact) mass is 308 g/mol. The summed E-state index contributed by atoms with van der Waals surface area (Å²) in [5, 5.41) is 6.07. The highest BCUT2D eigenvalue weighted by molar-refractivity contribution is 6.32. The summed E-state index contributed by atoms with van der Waals surface area (Å²) in [6, 6.07) is 3.24. The van der Waals surface area contributed by atoms with E-state index < -0.39 is 0 Å². The lowest BCUT2D eigenvalue weighted by Gasteiger charge is -2.13. The number of halogens is 2. The molecule has 1 rings (SSSR count). The van der Waals surface area contributed by atoms with Gasteiger partial charge in [0.25, 0.3) is 0 Å². The summed E-state index contributed by atoms with van der Waals surface area (Å²) >= 11 is 6.00. The van der Waals surface area contributed by atoms with Crippen LogP contribution in [0.1, 0.15) is 6.42 Å². The third-order valence-electron chi connectivity index (χ3n) is 2.35. The fraction of sp³-hybridized carbons (Fsp3) is 0.417. The maximum atomic E-state index is 11.6. The predicted octanol–water partition coefficient (Wildman–Crippen LogP) is 2.33. The minimum absolute atomic E-state index is 0. The third-order valence-corrected chi connectivity index (χ3v) is 2.65. The molecule has 1 amide bonds. The van der Waals surface area contributed by atoms with Gasteiger partial charge in [-0.3, -0.25) is 4.79 Å². The summed E-state index contributed by atoms with van der Waals surface area (Å²) < 4.78 is 10.3. The zero-order chi connectivity index (χ0) is 13.5. The zero-order valence-electron chi connectivity index (χ0n) is 11.1. The van der Waals surface area contributed by atoms with Gasteiger partial charge in [-0.25, -0.2) is 0 Å². The highest BCUT2D eigenvalue weighted by Gasteiger charge is 2.12. The Morgan fingerprint density at radius 3 is 2.42 bits per heavy atom. The van der Waals surface area contributed by atoms with Gasteiger partial charge in [0.2, 0.25) is 5.91 Å². The maximum Gasteiger partial charge on any atom is 0.225 e. The first-order valence-corrected chi connectivity index (χ1v) is 5.86. The molecular formula is C12H18Cl2N2O3. The van der Waals surface area contributed by atoms with Crippen LogP contribution in [0.15, 0.2) is 12.1 Å². The summed E-state index contributed by atoms with van der Waals surface area (Å²) in [7, 11) is 4.83. The molecule has 0 fully saturated rings. The Kier molecular flexibility index (Phi) is 8.30. The van der Waals surface area contributed by atoms with Crippen molar-refractivity contribution in [3.8, 4) is 11.5 Å². The van der Waals surface area contributed by atoms with Crippen molar-refractivity contribution < 1.29 is 14.3 Å². The van der Waals surface area contributed by atoms with Gasteiger partial charge in [-0.2, -0.15) is 0 Å². The number of nitrogens with one attached hydrogen (secondary N) is 2. The summed E-state index contributed by atoms with van der Waals surface area (Å²) in [5.74, 6) is 0.902. The van der Waals surface area contributed by atoms with Crippen LogP contribution in [0.4, 0.5) is 5.69 Å². The number of amides is 1. The van der Waals surface area contributed by atoms with E-state index >= 15 is 0 Å². The van der Waals surface area contributed by atoms with Gasteiger partial charge in [0.05, 0.1) is 24.9 Å². The molecule has 0 aliphatic rings. The number of benzene rings is 1. The van der Waals surface area contributed by atoms with E-state index in [1.807, 2.05) is 0 Å². The number of rotatable bonds is 6. The number of carbonyl (C=O) groups is 1. The average molecular weight is 309 g/mol. The second-order valence-corrected chi connectivity index (χ2v) is 4.00. The summed E-state index contributed by atoms with van der Waals surface area (Å²) in [4.78, 5) is 11.6. The minimum atomic E-state index is -0.108. The van der Waals surface area contributed by atoms with E-state index in [4.69, 9.17) is 21.1 Å². The topological polar surface area (TPSA) is 59.6 Å². The number of ether oxygens (including phenoxy) is 2. The molecule has 0 radical (unpaired) electrons. The van der Waals surface area contributed by atoms with Gasteiger partial charge in [-0.1, -0.05) is 11.6 Å². The zero-order valence-corrected chi connectivity index (χ0v) is 12.7. The molecule has 108 valence electrons. The second kappa shape index (κ2) is 8.85. The molecule has 7 heteroatoms. The molecule has 5 nitrogen and oxygen atoms in total. The Morgan fingerprint density at radius 2 is 1.89 bits per heavy atom. The van der Waals surface area contributed by atoms with Gasteiger partial charge in [0.1, 0.15) is 11.5 Å². The van der Waals surface area contributed by atoms with Crippen LogP contribution in [-0.2, 0) is 4.79 Å². The Morgan fingerprint density at radius 1 is 1.26 bits per heavy atom. The molecule has 1 aromatic rings. The predicted molar refractivity (Wildman–Crippen MR) is 79.0 cm³/mol. The van der Waals surface area contributed by atoms with E-state index in [1.54, 1.807) is 19.2 Å². The van der Waals surface area contributed by atoms with Crippen molar-refractivity contribution in [1.82, 2.24) is 5.32 Å². The summed E-state index contributed by atoms with van der Waals surface area (Å²) in [6.45, 7) is 0.609. The third kappa shape index (κ3) is 5.14. The number of hydrogen-bond acceptors (Lipinski definition) is 4. The Hall–Kier alpha value is -1.17. The standard InChI is InChI=1S/C12H17ClN2O3.ClH/c1-14-5-4-12(16)15-9-6-8(13)10(17-2)7-11(9)18-3;/h6-7,14H,4-5H2,1-3H3,(H,15,16);1H. The Balaban J connectivity index is 0.00000324. The van der Waals surface area contributed by atoms with E-state index in [2.05, 4.69) is 10.6 Å². The first kappa shape index (κ1) is 17.8. The van der Waals surface area contributed by atoms with Crippen molar-refractivity contribution >= 4 is 35.6 Å². The smallest absolute Gasteiger partial charge is 0.225 e. The largest absolute Gasteiger partial charge is 0.495 e. The SMILES string of the molecule is CNCCC(=O)Nc1cc(Cl)c(OC)cc1OC.Cl. The molecule has 0 spiro atoms. The number of methoxy groups -OCH3 is 2. The van der Waals surface area contributed by atoms with Gasteiger partial charge in [0, 0.05) is 19.0 Å². The van der Waals surface area contributed by atoms with Crippen molar-refractivity contribution in [2.75, 3.05) is 33.1 Å². The summed E-state index contributed by atoms with van der Waals surface area (Å²) in [6.07, 6.45) is 0.378. The van der Waals surface area contributed by atoms with Crippen LogP contribution in [0.3, 0.4) is 0 Å². The van der Waals surface area contributed by atoms with Gasteiger partial charge < -0.3 is 20.1 Å². The number of carbonyl (C=O) groups excluding carboxylic acids is 1. The van der Waals surface area contributed by atoms with Crippen LogP contribution in [0, 0.1) is 0 Å². The molecular weight excluding hydrogens is 291 g/mol. The number of hydrogen-bond donors (Lipinski definition) is 2. The van der Waals surface area contributed by atoms with E-state index in [1.165, 1.54) is 14.2 Å². The van der Waals surface area contributed by atoms with Crippen LogP contribution in [0.2, 0.25) is 5.02 Å². The van der Waals surface area contributed by atoms with Crippen LogP contribution in [-0.4, -0.2) is 33.7 Å². The molecule has 0 saturated heterocycles. The van der Waals surface area contributed by atoms with Crippen molar-refractivity contribution in [3.63, 3.8) is 0 Å². The van der Waals surface area contributed by atoms with Gasteiger partial charge in [0.15, 0.2) is 0 Å². The molecule has 0 saturated carbocycles. The van der Waals surface area contributed by atoms with Gasteiger partial charge >= 0.3 is 0 Å². The molecule has 0 aromatic heterocycles. The van der Waals surface area contributed by atoms with Gasteiger partial charge in [-0.05, 0) is 13.1 Å². The number of anilines is 1. The Bertz CT molecular complexity index is 428. The molecule has 0 aliphatic heterocycles. The van der Waals surface area contributed by atoms with Crippen molar-refractivity contribution in [3.05, 3.63) is 17.2 Å². The first-order valence-electron chi connectivity index (χ1n) is 5.48. The molecule has 1 aromatic carbocycles. The lowest BCUT2D eigenvalue weighted by atomic mass is 10.2. The summed E-state index contributed by atoms with van der Waals surface area (Å²) in [5.41, 5.74) is 0.532.